The number of hydrogen-bond donors (Lipinski definition) is 4. The van der Waals surface area contributed by atoms with Gasteiger partial charge in [-0.1, -0.05) is 54.5 Å². The van der Waals surface area contributed by atoms with E-state index in [9.17, 15) is 24.0 Å². The molecule has 0 bridgehead atoms. The summed E-state index contributed by atoms with van der Waals surface area (Å²) in [6, 6.07) is -3.31. The van der Waals surface area contributed by atoms with Crippen molar-refractivity contribution in [3.8, 4) is 12.3 Å². The molecule has 1 saturated heterocycles. The minimum absolute atomic E-state index is 0.0894. The Hall–Kier alpha value is -3.35. The molecule has 1 aliphatic rings. The fourth-order valence-electron chi connectivity index (χ4n) is 3.50. The van der Waals surface area contributed by atoms with Gasteiger partial charge in [0.25, 0.3) is 5.91 Å². The van der Waals surface area contributed by atoms with Crippen LogP contribution in [0.2, 0.25) is 0 Å². The van der Waals surface area contributed by atoms with Crippen molar-refractivity contribution in [2.75, 3.05) is 20.1 Å². The topological polar surface area (TPSA) is 137 Å². The van der Waals surface area contributed by atoms with E-state index in [0.717, 1.165) is 0 Å². The zero-order valence-corrected chi connectivity index (χ0v) is 23.8. The van der Waals surface area contributed by atoms with Gasteiger partial charge in [-0.15, -0.1) is 18.9 Å². The molecular weight excluding hydrogens is 474 g/mol. The number of nitrogens with zero attached hydrogens (tertiary/aromatic N) is 1. The first-order valence-electron chi connectivity index (χ1n) is 12.9. The molecule has 1 rings (SSSR count). The lowest BCUT2D eigenvalue weighted by molar-refractivity contribution is -0.143. The molecule has 4 N–H and O–H groups in total. The lowest BCUT2D eigenvalue weighted by Crippen LogP contribution is -2.59. The van der Waals surface area contributed by atoms with Crippen LogP contribution in [0.3, 0.4) is 0 Å². The lowest BCUT2D eigenvalue weighted by Gasteiger charge is -2.35. The first-order chi connectivity index (χ1) is 17.5. The second-order valence-corrected chi connectivity index (χ2v) is 8.88. The molecule has 0 aromatic rings. The molecule has 1 aliphatic heterocycles. The first-order valence-corrected chi connectivity index (χ1v) is 12.9. The molecule has 3 atom stereocenters. The number of carbonyl (C=O) groups is 5. The monoisotopic (exact) mass is 521 g/mol. The average Bonchev–Trinajstić information content (AvgIpc) is 3.39. The standard InChI is InChI=1S/C23H35N5O5.2C2H6/c1-7-9-11-15(17(29)20(31)25-13-8-2)26-19(30)16-12-10-14-28(16)21(32)18(23(3,4)5)27-22(33)24-6;2*1-2/h1,8,15-16,18H,2,9-14H2,3-6H3,(H,25,31)(H,26,30)(H2,24,27,33);2*1-2H3. The second kappa shape index (κ2) is 18.9. The summed E-state index contributed by atoms with van der Waals surface area (Å²) in [6.45, 7) is 17.4. The third-order valence-corrected chi connectivity index (χ3v) is 5.30. The molecule has 3 unspecified atom stereocenters. The van der Waals surface area contributed by atoms with E-state index in [2.05, 4.69) is 33.8 Å². The molecule has 0 radical (unpaired) electrons. The number of carbonyl (C=O) groups excluding carboxylic acids is 5. The smallest absolute Gasteiger partial charge is 0.315 e. The van der Waals surface area contributed by atoms with Gasteiger partial charge < -0.3 is 26.2 Å². The van der Waals surface area contributed by atoms with E-state index in [1.807, 2.05) is 48.5 Å². The SMILES string of the molecule is C#CCCC(NC(=O)C1CCCN1C(=O)C(NC(=O)NC)C(C)(C)C)C(=O)C(=O)NCC=C.CC.CC. The zero-order valence-electron chi connectivity index (χ0n) is 23.8. The van der Waals surface area contributed by atoms with E-state index < -0.39 is 47.2 Å². The summed E-state index contributed by atoms with van der Waals surface area (Å²) < 4.78 is 0. The minimum atomic E-state index is -1.11. The van der Waals surface area contributed by atoms with Gasteiger partial charge in [0.1, 0.15) is 12.1 Å². The van der Waals surface area contributed by atoms with Gasteiger partial charge in [0, 0.05) is 26.6 Å². The number of ketones is 1. The highest BCUT2D eigenvalue weighted by molar-refractivity contribution is 6.38. The summed E-state index contributed by atoms with van der Waals surface area (Å²) in [4.78, 5) is 64.3. The van der Waals surface area contributed by atoms with Crippen molar-refractivity contribution in [1.82, 2.24) is 26.2 Å². The molecule has 37 heavy (non-hydrogen) atoms. The van der Waals surface area contributed by atoms with E-state index in [0.29, 0.717) is 19.4 Å². The molecule has 1 heterocycles. The van der Waals surface area contributed by atoms with Gasteiger partial charge in [0.15, 0.2) is 0 Å². The Morgan fingerprint density at radius 1 is 1.11 bits per heavy atom. The maximum atomic E-state index is 13.3. The van der Waals surface area contributed by atoms with E-state index in [1.54, 1.807) is 0 Å². The number of rotatable bonds is 10. The Morgan fingerprint density at radius 2 is 1.70 bits per heavy atom. The summed E-state index contributed by atoms with van der Waals surface area (Å²) in [6.07, 6.45) is 7.98. The van der Waals surface area contributed by atoms with Crippen molar-refractivity contribution in [2.24, 2.45) is 5.41 Å². The Labute approximate surface area is 222 Å². The van der Waals surface area contributed by atoms with E-state index in [4.69, 9.17) is 6.42 Å². The van der Waals surface area contributed by atoms with Gasteiger partial charge in [0.2, 0.25) is 17.6 Å². The van der Waals surface area contributed by atoms with Crippen molar-refractivity contribution < 1.29 is 24.0 Å². The molecule has 0 aliphatic carbocycles. The summed E-state index contributed by atoms with van der Waals surface area (Å²) in [5, 5.41) is 10.1. The summed E-state index contributed by atoms with van der Waals surface area (Å²) in [5.41, 5.74) is -0.609. The molecule has 0 spiro atoms. The van der Waals surface area contributed by atoms with Crippen molar-refractivity contribution in [1.29, 1.82) is 0 Å². The van der Waals surface area contributed by atoms with Crippen molar-refractivity contribution >= 4 is 29.5 Å². The highest BCUT2D eigenvalue weighted by atomic mass is 16.2. The van der Waals surface area contributed by atoms with Crippen LogP contribution in [0.15, 0.2) is 12.7 Å². The number of urea groups is 1. The molecule has 210 valence electrons. The van der Waals surface area contributed by atoms with Gasteiger partial charge >= 0.3 is 6.03 Å². The Kier molecular flexibility index (Phi) is 18.2. The van der Waals surface area contributed by atoms with Crippen LogP contribution < -0.4 is 21.3 Å². The summed E-state index contributed by atoms with van der Waals surface area (Å²) in [5.74, 6) is -0.196. The van der Waals surface area contributed by atoms with Gasteiger partial charge in [-0.25, -0.2) is 4.79 Å². The second-order valence-electron chi connectivity index (χ2n) is 8.88. The van der Waals surface area contributed by atoms with Crippen LogP contribution in [-0.4, -0.2) is 72.7 Å². The van der Waals surface area contributed by atoms with Crippen LogP contribution in [0, 0.1) is 17.8 Å². The van der Waals surface area contributed by atoms with Crippen molar-refractivity contribution in [2.45, 2.75) is 92.3 Å². The molecule has 5 amide bonds. The van der Waals surface area contributed by atoms with Crippen LogP contribution in [0.5, 0.6) is 0 Å². The molecule has 10 heteroatoms. The summed E-state index contributed by atoms with van der Waals surface area (Å²) in [7, 11) is 1.45. The number of hydrogen-bond acceptors (Lipinski definition) is 5. The van der Waals surface area contributed by atoms with Crippen LogP contribution >= 0.6 is 0 Å². The van der Waals surface area contributed by atoms with Crippen molar-refractivity contribution in [3.05, 3.63) is 12.7 Å². The van der Waals surface area contributed by atoms with Gasteiger partial charge in [0.05, 0.1) is 6.04 Å². The average molecular weight is 522 g/mol. The highest BCUT2D eigenvalue weighted by Crippen LogP contribution is 2.26. The third kappa shape index (κ3) is 12.0. The van der Waals surface area contributed by atoms with Crippen molar-refractivity contribution in [3.63, 3.8) is 0 Å². The zero-order chi connectivity index (χ0) is 29.2. The third-order valence-electron chi connectivity index (χ3n) is 5.30. The van der Waals surface area contributed by atoms with E-state index in [1.165, 1.54) is 18.0 Å². The van der Waals surface area contributed by atoms with Crippen LogP contribution in [0.25, 0.3) is 0 Å². The Morgan fingerprint density at radius 3 is 2.19 bits per heavy atom. The number of terminal acetylenes is 1. The predicted molar refractivity (Wildman–Crippen MR) is 146 cm³/mol. The fraction of sp³-hybridized carbons (Fsp3) is 0.667. The maximum absolute atomic E-state index is 13.3. The van der Waals surface area contributed by atoms with Gasteiger partial charge in [-0.2, -0.15) is 0 Å². The summed E-state index contributed by atoms with van der Waals surface area (Å²) >= 11 is 0. The quantitative estimate of drug-likeness (QED) is 0.198. The number of amides is 5. The molecular formula is C27H47N5O5. The molecule has 0 saturated carbocycles. The number of nitrogens with one attached hydrogen (secondary N) is 4. The van der Waals surface area contributed by atoms with Crippen LogP contribution in [-0.2, 0) is 19.2 Å². The number of likely N-dealkylation sites (tertiary alicyclic amines) is 1. The van der Waals surface area contributed by atoms with Crippen LogP contribution in [0.4, 0.5) is 4.79 Å². The van der Waals surface area contributed by atoms with E-state index >= 15 is 0 Å². The van der Waals surface area contributed by atoms with E-state index in [-0.39, 0.29) is 25.3 Å². The normalized spacial score (nSPS) is 15.6. The van der Waals surface area contributed by atoms with Gasteiger partial charge in [-0.05, 0) is 24.7 Å². The number of Topliss-reactive ketones (excluding diaryl/α,β-unsaturated/α-hetero) is 1. The first kappa shape index (κ1) is 35.8. The van der Waals surface area contributed by atoms with Crippen LogP contribution in [0.1, 0.15) is 74.1 Å². The molecule has 0 aromatic carbocycles. The highest BCUT2D eigenvalue weighted by Gasteiger charge is 2.42. The lowest BCUT2D eigenvalue weighted by atomic mass is 9.85. The minimum Gasteiger partial charge on any atom is -0.346 e. The van der Waals surface area contributed by atoms with Gasteiger partial charge in [-0.3, -0.25) is 19.2 Å². The molecule has 0 aromatic heterocycles. The predicted octanol–water partition coefficient (Wildman–Crippen LogP) is 2.14. The maximum Gasteiger partial charge on any atom is 0.315 e. The largest absolute Gasteiger partial charge is 0.346 e. The molecule has 1 fully saturated rings. The Bertz CT molecular complexity index is 813. The fourth-order valence-corrected chi connectivity index (χ4v) is 3.50. The molecule has 10 nitrogen and oxygen atoms in total. The Balaban J connectivity index is 0.